The van der Waals surface area contributed by atoms with Crippen molar-refractivity contribution in [2.24, 2.45) is 0 Å². The monoisotopic (exact) mass is 414 g/mol. The minimum Gasteiger partial charge on any atom is -0.287 e. The molecule has 6 nitrogen and oxygen atoms in total. The molecule has 0 aliphatic heterocycles. The van der Waals surface area contributed by atoms with Gasteiger partial charge >= 0.3 is 0 Å². The van der Waals surface area contributed by atoms with Gasteiger partial charge in [0.25, 0.3) is 0 Å². The van der Waals surface area contributed by atoms with Crippen molar-refractivity contribution >= 4 is 34.4 Å². The number of carbonyl (C=O) groups is 1. The van der Waals surface area contributed by atoms with Crippen molar-refractivity contribution in [2.45, 2.75) is 0 Å². The van der Waals surface area contributed by atoms with Crippen LogP contribution in [0, 0.1) is 11.6 Å². The highest BCUT2D eigenvalue weighted by Gasteiger charge is 2.25. The first-order valence-corrected chi connectivity index (χ1v) is 8.80. The number of nitrogens with zero attached hydrogens (tertiary/aromatic N) is 3. The summed E-state index contributed by atoms with van der Waals surface area (Å²) in [5.41, 5.74) is 2.33. The van der Waals surface area contributed by atoms with E-state index < -0.39 is 23.1 Å². The Hall–Kier alpha value is -3.36. The minimum atomic E-state index is -0.851. The molecule has 4 aromatic rings. The molecule has 0 spiro atoms. The number of anilines is 1. The fourth-order valence-electron chi connectivity index (χ4n) is 3.01. The van der Waals surface area contributed by atoms with Crippen molar-refractivity contribution in [1.29, 1.82) is 0 Å². The summed E-state index contributed by atoms with van der Waals surface area (Å²) >= 11 is 6.16. The van der Waals surface area contributed by atoms with Crippen LogP contribution in [-0.4, -0.2) is 27.4 Å². The van der Waals surface area contributed by atoms with Crippen LogP contribution in [0.1, 0.15) is 16.1 Å². The van der Waals surface area contributed by atoms with E-state index in [1.807, 2.05) is 0 Å². The summed E-state index contributed by atoms with van der Waals surface area (Å²) in [5, 5.41) is 0.626. The van der Waals surface area contributed by atoms with E-state index in [2.05, 4.69) is 15.4 Å². The summed E-state index contributed by atoms with van der Waals surface area (Å²) in [5.74, 6) is -2.16. The van der Waals surface area contributed by atoms with Gasteiger partial charge in [-0.1, -0.05) is 29.8 Å². The topological polar surface area (TPSA) is 69.0 Å². The number of carbonyl (C=O) groups excluding carboxylic acids is 1. The van der Waals surface area contributed by atoms with Crippen LogP contribution in [0.5, 0.6) is 0 Å². The van der Waals surface area contributed by atoms with Crippen molar-refractivity contribution in [3.8, 4) is 5.69 Å². The lowest BCUT2D eigenvalue weighted by Crippen LogP contribution is -2.13. The smallest absolute Gasteiger partial charge is 0.249 e. The second-order valence-corrected chi connectivity index (χ2v) is 6.43. The zero-order valence-electron chi connectivity index (χ0n) is 15.0. The van der Waals surface area contributed by atoms with E-state index in [0.717, 1.165) is 16.7 Å². The lowest BCUT2D eigenvalue weighted by atomic mass is 10.1. The highest BCUT2D eigenvalue weighted by atomic mass is 35.5. The van der Waals surface area contributed by atoms with Gasteiger partial charge in [0.05, 0.1) is 17.8 Å². The summed E-state index contributed by atoms with van der Waals surface area (Å²) in [4.78, 5) is 26.3. The average molecular weight is 415 g/mol. The van der Waals surface area contributed by atoms with Crippen molar-refractivity contribution in [3.63, 3.8) is 0 Å². The molecule has 0 fully saturated rings. The SMILES string of the molecule is CONc1ncc2cc(C(=O)c3ccccc3Cl)n(-c3c(F)cccc3F)c2n1. The van der Waals surface area contributed by atoms with Gasteiger partial charge in [-0.3, -0.25) is 14.2 Å². The quantitative estimate of drug-likeness (QED) is 0.383. The number of hydrogen-bond donors (Lipinski definition) is 1. The van der Waals surface area contributed by atoms with Crippen LogP contribution < -0.4 is 5.48 Å². The summed E-state index contributed by atoms with van der Waals surface area (Å²) in [6.07, 6.45) is 1.42. The largest absolute Gasteiger partial charge is 0.287 e. The highest BCUT2D eigenvalue weighted by molar-refractivity contribution is 6.35. The van der Waals surface area contributed by atoms with E-state index >= 15 is 0 Å². The van der Waals surface area contributed by atoms with E-state index in [0.29, 0.717) is 5.39 Å². The maximum absolute atomic E-state index is 14.6. The van der Waals surface area contributed by atoms with Crippen LogP contribution in [0.4, 0.5) is 14.7 Å². The Morgan fingerprint density at radius 3 is 2.55 bits per heavy atom. The number of ketones is 1. The fraction of sp³-hybridized carbons (Fsp3) is 0.0500. The summed E-state index contributed by atoms with van der Waals surface area (Å²) in [7, 11) is 1.37. The van der Waals surface area contributed by atoms with E-state index in [1.54, 1.807) is 18.2 Å². The lowest BCUT2D eigenvalue weighted by molar-refractivity contribution is 0.103. The molecule has 2 aromatic carbocycles. The van der Waals surface area contributed by atoms with E-state index in [9.17, 15) is 13.6 Å². The summed E-state index contributed by atoms with van der Waals surface area (Å²) in [6, 6.07) is 11.3. The number of para-hydroxylation sites is 1. The maximum atomic E-state index is 14.6. The first-order chi connectivity index (χ1) is 14.0. The van der Waals surface area contributed by atoms with Crippen LogP contribution >= 0.6 is 11.6 Å². The van der Waals surface area contributed by atoms with Crippen LogP contribution in [0.15, 0.2) is 54.7 Å². The zero-order valence-corrected chi connectivity index (χ0v) is 15.7. The fourth-order valence-corrected chi connectivity index (χ4v) is 3.23. The second-order valence-electron chi connectivity index (χ2n) is 6.02. The van der Waals surface area contributed by atoms with Gasteiger partial charge in [-0.2, -0.15) is 4.98 Å². The number of nitrogens with one attached hydrogen (secondary N) is 1. The summed E-state index contributed by atoms with van der Waals surface area (Å²) < 4.78 is 30.4. The number of hydrogen-bond acceptors (Lipinski definition) is 5. The zero-order chi connectivity index (χ0) is 20.5. The van der Waals surface area contributed by atoms with Crippen LogP contribution in [0.3, 0.4) is 0 Å². The molecule has 9 heteroatoms. The van der Waals surface area contributed by atoms with E-state index in [1.165, 1.54) is 31.5 Å². The Balaban J connectivity index is 2.04. The van der Waals surface area contributed by atoms with Crippen molar-refractivity contribution < 1.29 is 18.4 Å². The average Bonchev–Trinajstić information content (AvgIpc) is 3.07. The van der Waals surface area contributed by atoms with E-state index in [-0.39, 0.29) is 27.9 Å². The van der Waals surface area contributed by atoms with Gasteiger partial charge in [-0.15, -0.1) is 0 Å². The Morgan fingerprint density at radius 1 is 1.14 bits per heavy atom. The van der Waals surface area contributed by atoms with Gasteiger partial charge in [-0.25, -0.2) is 19.2 Å². The Kier molecular flexibility index (Phi) is 4.96. The molecule has 29 heavy (non-hydrogen) atoms. The first-order valence-electron chi connectivity index (χ1n) is 8.42. The molecule has 0 radical (unpaired) electrons. The molecule has 0 atom stereocenters. The number of aromatic nitrogens is 3. The molecule has 2 heterocycles. The molecule has 146 valence electrons. The van der Waals surface area contributed by atoms with E-state index in [4.69, 9.17) is 16.4 Å². The molecule has 1 N–H and O–H groups in total. The molecule has 0 saturated carbocycles. The number of rotatable bonds is 5. The Bertz CT molecular complexity index is 1220. The predicted octanol–water partition coefficient (Wildman–Crippen LogP) is 4.56. The van der Waals surface area contributed by atoms with Gasteiger partial charge in [-0.05, 0) is 30.3 Å². The van der Waals surface area contributed by atoms with Crippen molar-refractivity contribution in [2.75, 3.05) is 12.6 Å². The number of halogens is 3. The normalized spacial score (nSPS) is 11.0. The van der Waals surface area contributed by atoms with Gasteiger partial charge in [0.1, 0.15) is 17.3 Å². The number of benzene rings is 2. The Morgan fingerprint density at radius 2 is 1.86 bits per heavy atom. The third-order valence-corrected chi connectivity index (χ3v) is 4.58. The molecular formula is C20H13ClF2N4O2. The third kappa shape index (κ3) is 3.32. The lowest BCUT2D eigenvalue weighted by Gasteiger charge is -2.12. The minimum absolute atomic E-state index is 0.0130. The molecule has 0 bridgehead atoms. The molecule has 0 saturated heterocycles. The molecular weight excluding hydrogens is 402 g/mol. The molecule has 4 rings (SSSR count). The van der Waals surface area contributed by atoms with Crippen molar-refractivity contribution in [3.05, 3.63) is 82.6 Å². The van der Waals surface area contributed by atoms with Crippen LogP contribution in [0.2, 0.25) is 5.02 Å². The second kappa shape index (κ2) is 7.57. The molecule has 0 unspecified atom stereocenters. The van der Waals surface area contributed by atoms with Gasteiger partial charge in [0.2, 0.25) is 11.7 Å². The maximum Gasteiger partial charge on any atom is 0.249 e. The van der Waals surface area contributed by atoms with Gasteiger partial charge in [0.15, 0.2) is 5.65 Å². The highest BCUT2D eigenvalue weighted by Crippen LogP contribution is 2.30. The summed E-state index contributed by atoms with van der Waals surface area (Å²) in [6.45, 7) is 0. The van der Waals surface area contributed by atoms with Crippen LogP contribution in [0.25, 0.3) is 16.7 Å². The first kappa shape index (κ1) is 19.0. The molecule has 0 aliphatic carbocycles. The predicted molar refractivity (Wildman–Crippen MR) is 104 cm³/mol. The van der Waals surface area contributed by atoms with Gasteiger partial charge < -0.3 is 0 Å². The standard InChI is InChI=1S/C20H13ClF2N4O2/c1-29-26-20-24-10-11-9-16(18(28)12-5-2-3-6-13(12)21)27(19(11)25-20)17-14(22)7-4-8-15(17)23/h2-10H,1H3,(H,24,25,26). The molecule has 0 amide bonds. The number of fused-ring (bicyclic) bond motifs is 1. The van der Waals surface area contributed by atoms with Gasteiger partial charge in [0, 0.05) is 17.1 Å². The Labute approximate surface area is 168 Å². The molecule has 2 aromatic heterocycles. The van der Waals surface area contributed by atoms with Crippen molar-refractivity contribution in [1.82, 2.24) is 14.5 Å². The third-order valence-electron chi connectivity index (χ3n) is 4.25. The van der Waals surface area contributed by atoms with Crippen LogP contribution in [-0.2, 0) is 4.84 Å². The molecule has 0 aliphatic rings.